The molecule has 0 spiro atoms. The van der Waals surface area contributed by atoms with Gasteiger partial charge in [-0.2, -0.15) is 4.68 Å². The SMILES string of the molecule is CO/N=C(\C(=O)N[C@@H]1C(=O)N2C(C(=O)O)=C(C[n+]3cc4ccc(C(=O)O)cc4n3C)CS[C@H]12)c1csc(N)n1. The molecule has 1 aromatic carbocycles. The third-order valence-corrected chi connectivity index (χ3v) is 8.36. The van der Waals surface area contributed by atoms with Crippen LogP contribution in [0.1, 0.15) is 16.1 Å². The van der Waals surface area contributed by atoms with Crippen LogP contribution in [0.25, 0.3) is 10.9 Å². The zero-order valence-corrected chi connectivity index (χ0v) is 22.2. The van der Waals surface area contributed by atoms with Crippen molar-refractivity contribution in [2.45, 2.75) is 18.0 Å². The first-order chi connectivity index (χ1) is 18.6. The van der Waals surface area contributed by atoms with Gasteiger partial charge in [0.1, 0.15) is 35.4 Å². The average Bonchev–Trinajstić information content (AvgIpc) is 3.47. The minimum Gasteiger partial charge on any atom is -0.478 e. The summed E-state index contributed by atoms with van der Waals surface area (Å²) in [4.78, 5) is 59.6. The minimum absolute atomic E-state index is 0.133. The molecule has 16 heteroatoms. The topological polar surface area (TPSA) is 193 Å². The molecule has 0 bridgehead atoms. The van der Waals surface area contributed by atoms with Gasteiger partial charge >= 0.3 is 11.9 Å². The number of carboxylic acids is 2. The molecule has 5 rings (SSSR count). The number of benzene rings is 1. The van der Waals surface area contributed by atoms with Crippen LogP contribution in [0.4, 0.5) is 5.13 Å². The second-order valence-electron chi connectivity index (χ2n) is 8.64. The van der Waals surface area contributed by atoms with E-state index in [2.05, 4.69) is 15.5 Å². The molecule has 0 saturated carbocycles. The van der Waals surface area contributed by atoms with E-state index in [0.717, 1.165) is 16.7 Å². The van der Waals surface area contributed by atoms with Gasteiger partial charge in [-0.3, -0.25) is 14.5 Å². The van der Waals surface area contributed by atoms with Crippen molar-refractivity contribution in [3.63, 3.8) is 0 Å². The van der Waals surface area contributed by atoms with Crippen molar-refractivity contribution in [1.82, 2.24) is 19.9 Å². The van der Waals surface area contributed by atoms with Crippen molar-refractivity contribution >= 4 is 68.6 Å². The predicted octanol–water partition coefficient (Wildman–Crippen LogP) is -0.00800. The van der Waals surface area contributed by atoms with Crippen molar-refractivity contribution in [2.75, 3.05) is 18.6 Å². The Morgan fingerprint density at radius 2 is 2.08 bits per heavy atom. The lowest BCUT2D eigenvalue weighted by Crippen LogP contribution is -2.71. The number of β-lactam (4-membered cyclic amide) rings is 1. The molecule has 2 atom stereocenters. The van der Waals surface area contributed by atoms with E-state index in [0.29, 0.717) is 16.8 Å². The Morgan fingerprint density at radius 1 is 1.31 bits per heavy atom. The molecule has 202 valence electrons. The monoisotopic (exact) mass is 572 g/mol. The van der Waals surface area contributed by atoms with Crippen molar-refractivity contribution < 1.29 is 38.9 Å². The van der Waals surface area contributed by atoms with Gasteiger partial charge in [0.05, 0.1) is 18.0 Å². The van der Waals surface area contributed by atoms with E-state index >= 15 is 0 Å². The van der Waals surface area contributed by atoms with E-state index in [1.54, 1.807) is 34.7 Å². The second kappa shape index (κ2) is 10.0. The second-order valence-corrected chi connectivity index (χ2v) is 10.6. The van der Waals surface area contributed by atoms with E-state index in [1.165, 1.54) is 35.2 Å². The minimum atomic E-state index is -1.26. The number of nitrogens with zero attached hydrogens (tertiary/aromatic N) is 5. The fraction of sp³-hybridized carbons (Fsp3) is 0.261. The molecule has 4 heterocycles. The van der Waals surface area contributed by atoms with Crippen LogP contribution in [-0.4, -0.2) is 78.5 Å². The van der Waals surface area contributed by atoms with E-state index in [-0.39, 0.29) is 34.3 Å². The van der Waals surface area contributed by atoms with Crippen LogP contribution in [0.3, 0.4) is 0 Å². The van der Waals surface area contributed by atoms with Gasteiger partial charge < -0.3 is 26.1 Å². The number of thiazole rings is 1. The number of nitrogen functional groups attached to an aromatic ring is 1. The van der Waals surface area contributed by atoms with Gasteiger partial charge in [-0.05, 0) is 18.2 Å². The summed E-state index contributed by atoms with van der Waals surface area (Å²) < 4.78 is 3.49. The average molecular weight is 573 g/mol. The first-order valence-corrected chi connectivity index (χ1v) is 13.3. The van der Waals surface area contributed by atoms with E-state index in [1.807, 2.05) is 0 Å². The van der Waals surface area contributed by atoms with E-state index < -0.39 is 35.2 Å². The Morgan fingerprint density at radius 3 is 2.72 bits per heavy atom. The fourth-order valence-corrected chi connectivity index (χ4v) is 6.39. The maximum absolute atomic E-state index is 13.1. The molecule has 3 aromatic rings. The summed E-state index contributed by atoms with van der Waals surface area (Å²) in [6.07, 6.45) is 1.78. The molecule has 0 aliphatic carbocycles. The summed E-state index contributed by atoms with van der Waals surface area (Å²) in [5.74, 6) is -3.30. The molecule has 5 N–H and O–H groups in total. The van der Waals surface area contributed by atoms with Crippen molar-refractivity contribution in [1.29, 1.82) is 0 Å². The standard InChI is InChI=1S/C23H21N7O7S2/c1-28-14-5-10(21(33)34)3-4-11(14)6-29(28)7-12-8-38-20-16(19(32)30(20)17(12)22(35)36)26-18(31)15(27-37-2)13-9-39-23(24)25-13/h3-6,9,16,20H,7-8H2,1-2H3,(H4-,24,25,26,31,33,34,35,36)/p+1/b27-15-/t16-,20-/m1/s1. The fourth-order valence-electron chi connectivity index (χ4n) is 4.51. The van der Waals surface area contributed by atoms with Gasteiger partial charge in [0.15, 0.2) is 17.4 Å². The van der Waals surface area contributed by atoms with Gasteiger partial charge in [-0.25, -0.2) is 14.6 Å². The molecule has 2 amide bonds. The van der Waals surface area contributed by atoms with Gasteiger partial charge in [0.2, 0.25) is 6.20 Å². The maximum atomic E-state index is 13.1. The Kier molecular flexibility index (Phi) is 6.73. The number of aryl methyl sites for hydroxylation is 1. The summed E-state index contributed by atoms with van der Waals surface area (Å²) >= 11 is 2.44. The highest BCUT2D eigenvalue weighted by molar-refractivity contribution is 8.00. The number of carbonyl (C=O) groups excluding carboxylic acids is 2. The van der Waals surface area contributed by atoms with E-state index in [9.17, 15) is 29.4 Å². The molecule has 1 saturated heterocycles. The van der Waals surface area contributed by atoms with Crippen LogP contribution in [0, 0.1) is 0 Å². The third-order valence-electron chi connectivity index (χ3n) is 6.35. The number of oxime groups is 1. The largest absolute Gasteiger partial charge is 0.478 e. The van der Waals surface area contributed by atoms with Crippen LogP contribution in [0.15, 0.2) is 46.2 Å². The highest BCUT2D eigenvalue weighted by Crippen LogP contribution is 2.40. The predicted molar refractivity (Wildman–Crippen MR) is 140 cm³/mol. The molecular formula is C23H22N7O7S2+. The molecule has 39 heavy (non-hydrogen) atoms. The molecular weight excluding hydrogens is 550 g/mol. The van der Waals surface area contributed by atoms with Crippen LogP contribution in [-0.2, 0) is 32.8 Å². The van der Waals surface area contributed by atoms with Gasteiger partial charge in [0, 0.05) is 16.7 Å². The lowest BCUT2D eigenvalue weighted by Gasteiger charge is -2.49. The zero-order valence-electron chi connectivity index (χ0n) is 20.5. The maximum Gasteiger partial charge on any atom is 0.352 e. The van der Waals surface area contributed by atoms with Crippen molar-refractivity contribution in [2.24, 2.45) is 12.2 Å². The van der Waals surface area contributed by atoms with Gasteiger partial charge in [-0.15, -0.1) is 27.8 Å². The van der Waals surface area contributed by atoms with Gasteiger partial charge in [0.25, 0.3) is 11.8 Å². The van der Waals surface area contributed by atoms with Crippen LogP contribution in [0.5, 0.6) is 0 Å². The number of thioether (sulfide) groups is 1. The number of carbonyl (C=O) groups is 4. The lowest BCUT2D eigenvalue weighted by molar-refractivity contribution is -0.764. The van der Waals surface area contributed by atoms with Crippen LogP contribution >= 0.6 is 23.1 Å². The van der Waals surface area contributed by atoms with Gasteiger partial charge in [-0.1, -0.05) is 5.16 Å². The summed E-state index contributed by atoms with van der Waals surface area (Å²) in [5, 5.41) is 27.6. The molecule has 2 aliphatic heterocycles. The van der Waals surface area contributed by atoms with Crippen LogP contribution in [0.2, 0.25) is 0 Å². The number of nitrogens with one attached hydrogen (secondary N) is 1. The number of anilines is 1. The Labute approximate surface area is 228 Å². The first-order valence-electron chi connectivity index (χ1n) is 11.4. The highest BCUT2D eigenvalue weighted by Gasteiger charge is 2.55. The first kappa shape index (κ1) is 26.2. The Bertz CT molecular complexity index is 1610. The number of aromatic nitrogens is 3. The number of aliphatic carboxylic acids is 1. The lowest BCUT2D eigenvalue weighted by atomic mass is 10.0. The number of hydrogen-bond donors (Lipinski definition) is 4. The zero-order chi connectivity index (χ0) is 28.0. The molecule has 14 nitrogen and oxygen atoms in total. The number of fused-ring (bicyclic) bond motifs is 2. The van der Waals surface area contributed by atoms with E-state index in [4.69, 9.17) is 10.6 Å². The smallest absolute Gasteiger partial charge is 0.352 e. The quantitative estimate of drug-likeness (QED) is 0.123. The number of aromatic carboxylic acids is 1. The number of amides is 2. The third kappa shape index (κ3) is 4.57. The van der Waals surface area contributed by atoms with Crippen molar-refractivity contribution in [3.05, 3.63) is 52.3 Å². The molecule has 2 aliphatic rings. The summed E-state index contributed by atoms with van der Waals surface area (Å²) in [6, 6.07) is 3.74. The Balaban J connectivity index is 1.38. The summed E-state index contributed by atoms with van der Waals surface area (Å²) in [6.45, 7) is 0.158. The molecule has 2 aromatic heterocycles. The molecule has 1 fully saturated rings. The molecule has 0 unspecified atom stereocenters. The Hall–Kier alpha value is -4.44. The number of carboxylic acid groups (broad SMARTS) is 2. The van der Waals surface area contributed by atoms with Crippen molar-refractivity contribution in [3.8, 4) is 0 Å². The summed E-state index contributed by atoms with van der Waals surface area (Å²) in [5.41, 5.74) is 6.82. The highest BCUT2D eigenvalue weighted by atomic mass is 32.2. The number of rotatable bonds is 8. The summed E-state index contributed by atoms with van der Waals surface area (Å²) in [7, 11) is 3.00. The van der Waals surface area contributed by atoms with Crippen LogP contribution < -0.4 is 15.7 Å². The normalized spacial score (nSPS) is 19.1. The number of nitrogens with two attached hydrogens (primary N) is 1. The number of hydrogen-bond acceptors (Lipinski definition) is 10. The molecule has 0 radical (unpaired) electrons.